The molecular formula is C32H22O2S2. The van der Waals surface area contributed by atoms with Crippen molar-refractivity contribution < 1.29 is 9.59 Å². The molecule has 0 aliphatic carbocycles. The molecule has 5 rings (SSSR count). The molecule has 36 heavy (non-hydrogen) atoms. The van der Waals surface area contributed by atoms with Crippen molar-refractivity contribution in [2.45, 2.75) is 19.6 Å². The van der Waals surface area contributed by atoms with Crippen molar-refractivity contribution in [1.82, 2.24) is 0 Å². The molecule has 0 aliphatic heterocycles. The Morgan fingerprint density at radius 3 is 1.06 bits per heavy atom. The second kappa shape index (κ2) is 11.3. The van der Waals surface area contributed by atoms with Crippen molar-refractivity contribution in [1.29, 1.82) is 0 Å². The van der Waals surface area contributed by atoms with Crippen LogP contribution in [0, 0.1) is 0 Å². The molecule has 0 bridgehead atoms. The maximum Gasteiger partial charge on any atom is 0.194 e. The molecule has 0 N–H and O–H groups in total. The third kappa shape index (κ3) is 5.51. The molecule has 0 spiro atoms. The summed E-state index contributed by atoms with van der Waals surface area (Å²) in [6.45, 7) is 0. The second-order valence-electron chi connectivity index (χ2n) is 8.07. The molecule has 0 aliphatic rings. The van der Waals surface area contributed by atoms with E-state index in [1.165, 1.54) is 23.5 Å². The molecule has 0 amide bonds. The summed E-state index contributed by atoms with van der Waals surface area (Å²) in [4.78, 5) is 30.9. The number of benzene rings is 5. The Hall–Kier alpha value is -3.86. The minimum absolute atomic E-state index is 0.0670. The second-order valence-corrected chi connectivity index (χ2v) is 10.3. The van der Waals surface area contributed by atoms with Crippen LogP contribution in [0.25, 0.3) is 0 Å². The molecule has 0 heterocycles. The van der Waals surface area contributed by atoms with Crippen LogP contribution in [0.15, 0.2) is 153 Å². The van der Waals surface area contributed by atoms with Gasteiger partial charge in [-0.15, -0.1) is 0 Å². The van der Waals surface area contributed by atoms with E-state index in [4.69, 9.17) is 0 Å². The lowest BCUT2D eigenvalue weighted by molar-refractivity contribution is 0.102. The normalized spacial score (nSPS) is 10.7. The van der Waals surface area contributed by atoms with Gasteiger partial charge in [-0.1, -0.05) is 121 Å². The fourth-order valence-corrected chi connectivity index (χ4v) is 5.78. The number of hydrogen-bond donors (Lipinski definition) is 0. The topological polar surface area (TPSA) is 34.1 Å². The molecule has 174 valence electrons. The van der Waals surface area contributed by atoms with Crippen molar-refractivity contribution in [3.05, 3.63) is 156 Å². The third-order valence-corrected chi connectivity index (χ3v) is 7.72. The molecule has 0 aromatic heterocycles. The number of rotatable bonds is 8. The smallest absolute Gasteiger partial charge is 0.194 e. The lowest BCUT2D eigenvalue weighted by Crippen LogP contribution is -2.08. The Kier molecular flexibility index (Phi) is 7.46. The van der Waals surface area contributed by atoms with Gasteiger partial charge in [0.2, 0.25) is 0 Å². The summed E-state index contributed by atoms with van der Waals surface area (Å²) in [5.41, 5.74) is 2.40. The number of hydrogen-bond acceptors (Lipinski definition) is 4. The van der Waals surface area contributed by atoms with Crippen molar-refractivity contribution in [2.75, 3.05) is 0 Å². The van der Waals surface area contributed by atoms with Crippen LogP contribution in [0.4, 0.5) is 0 Å². The number of carbonyl (C=O) groups is 2. The van der Waals surface area contributed by atoms with E-state index in [9.17, 15) is 9.59 Å². The van der Waals surface area contributed by atoms with Crippen molar-refractivity contribution in [3.8, 4) is 0 Å². The van der Waals surface area contributed by atoms with Gasteiger partial charge in [0.05, 0.1) is 0 Å². The summed E-state index contributed by atoms with van der Waals surface area (Å²) in [7, 11) is 0. The lowest BCUT2D eigenvalue weighted by atomic mass is 9.98. The molecular weight excluding hydrogens is 480 g/mol. The maximum absolute atomic E-state index is 13.7. The Labute approximate surface area is 219 Å². The van der Waals surface area contributed by atoms with Gasteiger partial charge in [-0.2, -0.15) is 0 Å². The predicted octanol–water partition coefficient (Wildman–Crippen LogP) is 8.45. The first-order valence-corrected chi connectivity index (χ1v) is 13.2. The minimum atomic E-state index is -0.0670. The van der Waals surface area contributed by atoms with Crippen LogP contribution in [0.3, 0.4) is 0 Å². The maximum atomic E-state index is 13.7. The predicted molar refractivity (Wildman–Crippen MR) is 147 cm³/mol. The van der Waals surface area contributed by atoms with Crippen LogP contribution in [-0.2, 0) is 0 Å². The average Bonchev–Trinajstić information content (AvgIpc) is 2.95. The van der Waals surface area contributed by atoms with Crippen LogP contribution in [0.5, 0.6) is 0 Å². The van der Waals surface area contributed by atoms with Gasteiger partial charge < -0.3 is 0 Å². The van der Waals surface area contributed by atoms with E-state index in [-0.39, 0.29) is 11.6 Å². The highest BCUT2D eigenvalue weighted by atomic mass is 32.2. The Balaban J connectivity index is 1.68. The monoisotopic (exact) mass is 502 g/mol. The first-order valence-electron chi connectivity index (χ1n) is 11.5. The van der Waals surface area contributed by atoms with Gasteiger partial charge in [-0.3, -0.25) is 9.59 Å². The van der Waals surface area contributed by atoms with Crippen LogP contribution in [-0.4, -0.2) is 11.6 Å². The highest BCUT2D eigenvalue weighted by Crippen LogP contribution is 2.39. The standard InChI is InChI=1S/C32H22O2S2/c33-31(23-13-5-1-6-14-23)27-21-30(36-26-19-11-4-12-20-26)28(32(34)24-15-7-2-8-16-24)22-29(27)35-25-17-9-3-10-18-25/h1-22H. The summed E-state index contributed by atoms with van der Waals surface area (Å²) < 4.78 is 0. The van der Waals surface area contributed by atoms with E-state index in [1.54, 1.807) is 0 Å². The van der Waals surface area contributed by atoms with Crippen molar-refractivity contribution >= 4 is 35.1 Å². The largest absolute Gasteiger partial charge is 0.289 e. The Morgan fingerprint density at radius 2 is 0.722 bits per heavy atom. The zero-order valence-corrected chi connectivity index (χ0v) is 21.0. The molecule has 4 heteroatoms. The first kappa shape index (κ1) is 23.9. The molecule has 5 aromatic carbocycles. The van der Waals surface area contributed by atoms with Gasteiger partial charge >= 0.3 is 0 Å². The molecule has 0 fully saturated rings. The summed E-state index contributed by atoms with van der Waals surface area (Å²) in [5.74, 6) is -0.134. The Bertz CT molecular complexity index is 1370. The molecule has 0 unspecified atom stereocenters. The van der Waals surface area contributed by atoms with Gasteiger partial charge in [-0.25, -0.2) is 0 Å². The van der Waals surface area contributed by atoms with Crippen LogP contribution in [0.2, 0.25) is 0 Å². The highest BCUT2D eigenvalue weighted by Gasteiger charge is 2.22. The van der Waals surface area contributed by atoms with E-state index < -0.39 is 0 Å². The van der Waals surface area contributed by atoms with Gasteiger partial charge in [0.25, 0.3) is 0 Å². The quantitative estimate of drug-likeness (QED) is 0.199. The zero-order valence-electron chi connectivity index (χ0n) is 19.3. The van der Waals surface area contributed by atoms with Crippen molar-refractivity contribution in [2.24, 2.45) is 0 Å². The molecule has 0 radical (unpaired) electrons. The fourth-order valence-electron chi connectivity index (χ4n) is 3.80. The summed E-state index contributed by atoms with van der Waals surface area (Å²) in [6, 6.07) is 42.2. The molecule has 5 aromatic rings. The number of ketones is 2. The zero-order chi connectivity index (χ0) is 24.7. The average molecular weight is 503 g/mol. The van der Waals surface area contributed by atoms with Gasteiger partial charge in [0, 0.05) is 41.8 Å². The fraction of sp³-hybridized carbons (Fsp3) is 0. The van der Waals surface area contributed by atoms with Crippen LogP contribution >= 0.6 is 23.5 Å². The summed E-state index contributed by atoms with van der Waals surface area (Å²) in [5, 5.41) is 0. The van der Waals surface area contributed by atoms with Crippen LogP contribution < -0.4 is 0 Å². The van der Waals surface area contributed by atoms with Gasteiger partial charge in [0.1, 0.15) is 0 Å². The van der Waals surface area contributed by atoms with E-state index in [2.05, 4.69) is 0 Å². The van der Waals surface area contributed by atoms with E-state index in [0.717, 1.165) is 19.6 Å². The molecule has 0 saturated carbocycles. The van der Waals surface area contributed by atoms with Gasteiger partial charge in [-0.05, 0) is 36.4 Å². The van der Waals surface area contributed by atoms with Gasteiger partial charge in [0.15, 0.2) is 11.6 Å². The van der Waals surface area contributed by atoms with E-state index in [0.29, 0.717) is 22.3 Å². The Morgan fingerprint density at radius 1 is 0.417 bits per heavy atom. The van der Waals surface area contributed by atoms with Crippen LogP contribution in [0.1, 0.15) is 31.8 Å². The molecule has 2 nitrogen and oxygen atoms in total. The van der Waals surface area contributed by atoms with E-state index >= 15 is 0 Å². The molecule has 0 atom stereocenters. The minimum Gasteiger partial charge on any atom is -0.289 e. The first-order chi connectivity index (χ1) is 17.7. The number of carbonyl (C=O) groups excluding carboxylic acids is 2. The van der Waals surface area contributed by atoms with Crippen molar-refractivity contribution in [3.63, 3.8) is 0 Å². The van der Waals surface area contributed by atoms with E-state index in [1.807, 2.05) is 133 Å². The lowest BCUT2D eigenvalue weighted by Gasteiger charge is -2.16. The molecule has 0 saturated heterocycles. The third-order valence-electron chi connectivity index (χ3n) is 5.59. The SMILES string of the molecule is O=C(c1ccccc1)c1cc(Sc2ccccc2)c(C(=O)c2ccccc2)cc1Sc1ccccc1. The summed E-state index contributed by atoms with van der Waals surface area (Å²) in [6.07, 6.45) is 0. The summed E-state index contributed by atoms with van der Waals surface area (Å²) >= 11 is 2.99. The highest BCUT2D eigenvalue weighted by molar-refractivity contribution is 8.00.